The molecule has 4 nitrogen and oxygen atoms in total. The van der Waals surface area contributed by atoms with Gasteiger partial charge in [0.15, 0.2) is 0 Å². The number of nitrogens with zero attached hydrogens (tertiary/aromatic N) is 2. The van der Waals surface area contributed by atoms with Crippen molar-refractivity contribution in [2.24, 2.45) is 0 Å². The maximum absolute atomic E-state index is 5.63. The van der Waals surface area contributed by atoms with Gasteiger partial charge in [0.1, 0.15) is 6.33 Å². The monoisotopic (exact) mass is 199 g/mol. The number of rotatable bonds is 3. The van der Waals surface area contributed by atoms with Crippen LogP contribution in [-0.2, 0) is 4.74 Å². The van der Waals surface area contributed by atoms with E-state index in [0.29, 0.717) is 0 Å². The minimum Gasteiger partial charge on any atom is -0.373 e. The summed E-state index contributed by atoms with van der Waals surface area (Å²) in [6, 6.07) is 0. The summed E-state index contributed by atoms with van der Waals surface area (Å²) in [4.78, 5) is 4.05. The molecule has 0 bridgehead atoms. The second kappa shape index (κ2) is 3.59. The van der Waals surface area contributed by atoms with Crippen molar-refractivity contribution in [1.29, 1.82) is 0 Å². The summed E-state index contributed by atoms with van der Waals surface area (Å²) in [5.41, 5.74) is -0.00826. The molecule has 0 saturated carbocycles. The Morgan fingerprint density at radius 1 is 1.77 bits per heavy atom. The number of anilines is 1. The van der Waals surface area contributed by atoms with Crippen molar-refractivity contribution in [3.05, 3.63) is 6.33 Å². The Bertz CT molecular complexity index is 256. The van der Waals surface area contributed by atoms with Crippen molar-refractivity contribution >= 4 is 16.7 Å². The molecule has 1 saturated heterocycles. The van der Waals surface area contributed by atoms with Gasteiger partial charge in [0.25, 0.3) is 0 Å². The van der Waals surface area contributed by atoms with Gasteiger partial charge in [0.2, 0.25) is 5.13 Å². The Hall–Kier alpha value is -0.680. The smallest absolute Gasteiger partial charge is 0.202 e. The van der Waals surface area contributed by atoms with E-state index < -0.39 is 0 Å². The standard InChI is InChI=1S/C8H13N3OS/c1-8(3-2-4-12-8)5-9-7-10-6-11-13-7/h6H,2-5H2,1H3,(H,9,10,11). The van der Waals surface area contributed by atoms with Gasteiger partial charge in [-0.25, -0.2) is 4.98 Å². The molecule has 0 radical (unpaired) electrons. The van der Waals surface area contributed by atoms with Crippen LogP contribution < -0.4 is 5.32 Å². The highest BCUT2D eigenvalue weighted by molar-refractivity contribution is 7.09. The molecule has 2 heterocycles. The maximum atomic E-state index is 5.63. The highest BCUT2D eigenvalue weighted by atomic mass is 32.1. The second-order valence-electron chi connectivity index (χ2n) is 3.50. The molecule has 1 aliphatic heterocycles. The van der Waals surface area contributed by atoms with Gasteiger partial charge in [-0.3, -0.25) is 0 Å². The minimum atomic E-state index is -0.00826. The molecule has 2 rings (SSSR count). The molecule has 1 unspecified atom stereocenters. The van der Waals surface area contributed by atoms with Crippen LogP contribution in [0.3, 0.4) is 0 Å². The van der Waals surface area contributed by atoms with Crippen LogP contribution in [-0.4, -0.2) is 28.1 Å². The second-order valence-corrected chi connectivity index (χ2v) is 4.28. The van der Waals surface area contributed by atoms with Crippen molar-refractivity contribution in [2.75, 3.05) is 18.5 Å². The van der Waals surface area contributed by atoms with E-state index in [1.807, 2.05) is 0 Å². The number of hydrogen-bond donors (Lipinski definition) is 1. The van der Waals surface area contributed by atoms with Crippen LogP contribution in [0.15, 0.2) is 6.33 Å². The molecule has 13 heavy (non-hydrogen) atoms. The van der Waals surface area contributed by atoms with Gasteiger partial charge in [-0.1, -0.05) is 0 Å². The third-order valence-electron chi connectivity index (χ3n) is 2.28. The lowest BCUT2D eigenvalue weighted by Gasteiger charge is -2.22. The van der Waals surface area contributed by atoms with Crippen molar-refractivity contribution < 1.29 is 4.74 Å². The van der Waals surface area contributed by atoms with Gasteiger partial charge >= 0.3 is 0 Å². The summed E-state index contributed by atoms with van der Waals surface area (Å²) in [7, 11) is 0. The van der Waals surface area contributed by atoms with E-state index in [0.717, 1.165) is 31.1 Å². The van der Waals surface area contributed by atoms with Crippen LogP contribution >= 0.6 is 11.5 Å². The lowest BCUT2D eigenvalue weighted by molar-refractivity contribution is 0.0315. The molecular formula is C8H13N3OS. The number of hydrogen-bond acceptors (Lipinski definition) is 5. The van der Waals surface area contributed by atoms with E-state index in [-0.39, 0.29) is 5.60 Å². The molecule has 1 N–H and O–H groups in total. The predicted molar refractivity (Wildman–Crippen MR) is 52.0 cm³/mol. The summed E-state index contributed by atoms with van der Waals surface area (Å²) in [6.07, 6.45) is 3.85. The molecule has 1 fully saturated rings. The number of nitrogens with one attached hydrogen (secondary N) is 1. The molecular weight excluding hydrogens is 186 g/mol. The van der Waals surface area contributed by atoms with Gasteiger partial charge in [-0.15, -0.1) is 0 Å². The third kappa shape index (κ3) is 2.16. The molecule has 1 aliphatic rings. The molecule has 0 aromatic carbocycles. The van der Waals surface area contributed by atoms with E-state index in [2.05, 4.69) is 21.6 Å². The molecule has 5 heteroatoms. The Balaban J connectivity index is 1.85. The third-order valence-corrected chi connectivity index (χ3v) is 2.90. The van der Waals surface area contributed by atoms with Gasteiger partial charge < -0.3 is 10.1 Å². The maximum Gasteiger partial charge on any atom is 0.202 e. The zero-order valence-corrected chi connectivity index (χ0v) is 8.43. The summed E-state index contributed by atoms with van der Waals surface area (Å²) >= 11 is 1.38. The Kier molecular flexibility index (Phi) is 2.46. The molecule has 0 amide bonds. The lowest BCUT2D eigenvalue weighted by atomic mass is 10.0. The molecule has 72 valence electrons. The topological polar surface area (TPSA) is 47.0 Å². The zero-order chi connectivity index (χ0) is 9.15. The van der Waals surface area contributed by atoms with Gasteiger partial charge in [0, 0.05) is 24.7 Å². The average molecular weight is 199 g/mol. The highest BCUT2D eigenvalue weighted by Gasteiger charge is 2.29. The number of ether oxygens (including phenoxy) is 1. The lowest BCUT2D eigenvalue weighted by Crippen LogP contribution is -2.32. The molecule has 1 aromatic rings. The molecule has 0 aliphatic carbocycles. The van der Waals surface area contributed by atoms with E-state index in [9.17, 15) is 0 Å². The normalized spacial score (nSPS) is 27.8. The fourth-order valence-corrected chi connectivity index (χ4v) is 1.91. The van der Waals surface area contributed by atoms with Gasteiger partial charge in [-0.2, -0.15) is 4.37 Å². The van der Waals surface area contributed by atoms with Crippen LogP contribution in [0.1, 0.15) is 19.8 Å². The first-order valence-electron chi connectivity index (χ1n) is 4.43. The van der Waals surface area contributed by atoms with Crippen LogP contribution in [0.5, 0.6) is 0 Å². The van der Waals surface area contributed by atoms with Crippen molar-refractivity contribution in [2.45, 2.75) is 25.4 Å². The largest absolute Gasteiger partial charge is 0.373 e. The predicted octanol–water partition coefficient (Wildman–Crippen LogP) is 1.52. The van der Waals surface area contributed by atoms with Crippen LogP contribution in [0.25, 0.3) is 0 Å². The fourth-order valence-electron chi connectivity index (χ4n) is 1.49. The van der Waals surface area contributed by atoms with E-state index in [1.54, 1.807) is 6.33 Å². The Labute approximate surface area is 81.5 Å². The van der Waals surface area contributed by atoms with Crippen LogP contribution in [0, 0.1) is 0 Å². The summed E-state index contributed by atoms with van der Waals surface area (Å²) in [5, 5.41) is 4.10. The van der Waals surface area contributed by atoms with Crippen molar-refractivity contribution in [3.63, 3.8) is 0 Å². The van der Waals surface area contributed by atoms with Crippen molar-refractivity contribution in [3.8, 4) is 0 Å². The molecule has 1 atom stereocenters. The SMILES string of the molecule is CC1(CNc2ncns2)CCCO1. The van der Waals surface area contributed by atoms with Gasteiger partial charge in [-0.05, 0) is 19.8 Å². The first kappa shape index (κ1) is 8.90. The van der Waals surface area contributed by atoms with Crippen LogP contribution in [0.4, 0.5) is 5.13 Å². The summed E-state index contributed by atoms with van der Waals surface area (Å²) in [6.45, 7) is 3.84. The zero-order valence-electron chi connectivity index (χ0n) is 7.62. The summed E-state index contributed by atoms with van der Waals surface area (Å²) < 4.78 is 9.55. The quantitative estimate of drug-likeness (QED) is 0.801. The summed E-state index contributed by atoms with van der Waals surface area (Å²) in [5.74, 6) is 0. The molecule has 1 aromatic heterocycles. The van der Waals surface area contributed by atoms with E-state index in [1.165, 1.54) is 11.5 Å². The Morgan fingerprint density at radius 3 is 3.31 bits per heavy atom. The first-order valence-corrected chi connectivity index (χ1v) is 5.20. The fraction of sp³-hybridized carbons (Fsp3) is 0.750. The average Bonchev–Trinajstić information content (AvgIpc) is 2.72. The van der Waals surface area contributed by atoms with Crippen LogP contribution in [0.2, 0.25) is 0 Å². The van der Waals surface area contributed by atoms with E-state index in [4.69, 9.17) is 4.74 Å². The highest BCUT2D eigenvalue weighted by Crippen LogP contribution is 2.25. The minimum absolute atomic E-state index is 0.00826. The molecule has 0 spiro atoms. The first-order chi connectivity index (χ1) is 6.29. The Morgan fingerprint density at radius 2 is 2.69 bits per heavy atom. The van der Waals surface area contributed by atoms with Crippen molar-refractivity contribution in [1.82, 2.24) is 9.36 Å². The number of aromatic nitrogens is 2. The van der Waals surface area contributed by atoms with E-state index >= 15 is 0 Å². The van der Waals surface area contributed by atoms with Gasteiger partial charge in [0.05, 0.1) is 5.60 Å².